The third kappa shape index (κ3) is 3.13. The number of amides is 1. The highest BCUT2D eigenvalue weighted by molar-refractivity contribution is 6.34. The normalized spacial score (nSPS) is 10.1. The van der Waals surface area contributed by atoms with Gasteiger partial charge in [0.25, 0.3) is 5.91 Å². The van der Waals surface area contributed by atoms with Crippen molar-refractivity contribution in [2.45, 2.75) is 0 Å². The summed E-state index contributed by atoms with van der Waals surface area (Å²) in [7, 11) is 0. The number of hydrogen-bond acceptors (Lipinski definition) is 3. The van der Waals surface area contributed by atoms with Gasteiger partial charge in [0, 0.05) is 18.1 Å². The molecule has 0 aliphatic rings. The third-order valence-corrected chi connectivity index (χ3v) is 2.91. The number of pyridine rings is 1. The van der Waals surface area contributed by atoms with E-state index in [0.717, 1.165) is 4.90 Å². The van der Waals surface area contributed by atoms with Crippen LogP contribution in [0.5, 0.6) is 0 Å². The van der Waals surface area contributed by atoms with E-state index >= 15 is 0 Å². The monoisotopic (exact) mass is 290 g/mol. The number of carbonyl (C=O) groups is 2. The first-order valence-electron chi connectivity index (χ1n) is 5.78. The van der Waals surface area contributed by atoms with Crippen molar-refractivity contribution >= 4 is 29.2 Å². The second-order valence-corrected chi connectivity index (χ2v) is 4.38. The number of hydrogen-bond donors (Lipinski definition) is 1. The maximum Gasteiger partial charge on any atom is 0.323 e. The number of anilines is 1. The van der Waals surface area contributed by atoms with Crippen LogP contribution in [-0.4, -0.2) is 28.5 Å². The summed E-state index contributed by atoms with van der Waals surface area (Å²) >= 11 is 5.93. The summed E-state index contributed by atoms with van der Waals surface area (Å²) in [5.41, 5.74) is 0.708. The van der Waals surface area contributed by atoms with Gasteiger partial charge in [-0.2, -0.15) is 0 Å². The number of rotatable bonds is 4. The molecule has 1 N–H and O–H groups in total. The summed E-state index contributed by atoms with van der Waals surface area (Å²) < 4.78 is 0. The maximum atomic E-state index is 12.5. The lowest BCUT2D eigenvalue weighted by molar-refractivity contribution is -0.135. The molecule has 0 radical (unpaired) electrons. The molecule has 1 aromatic carbocycles. The lowest BCUT2D eigenvalue weighted by atomic mass is 10.2. The molecule has 1 aromatic heterocycles. The second-order valence-electron chi connectivity index (χ2n) is 3.98. The van der Waals surface area contributed by atoms with Crippen LogP contribution in [0.1, 0.15) is 10.4 Å². The summed E-state index contributed by atoms with van der Waals surface area (Å²) in [5, 5.41) is 9.16. The molecule has 0 bridgehead atoms. The number of nitrogens with zero attached hydrogens (tertiary/aromatic N) is 2. The average Bonchev–Trinajstić information content (AvgIpc) is 2.45. The number of aromatic nitrogens is 1. The molecule has 0 aliphatic carbocycles. The number of benzene rings is 1. The third-order valence-electron chi connectivity index (χ3n) is 2.61. The van der Waals surface area contributed by atoms with Crippen molar-refractivity contribution < 1.29 is 14.7 Å². The van der Waals surface area contributed by atoms with Gasteiger partial charge in [-0.15, -0.1) is 0 Å². The van der Waals surface area contributed by atoms with Crippen molar-refractivity contribution in [3.63, 3.8) is 0 Å². The van der Waals surface area contributed by atoms with Crippen LogP contribution in [0.4, 0.5) is 5.69 Å². The number of halogens is 1. The minimum absolute atomic E-state index is 0.184. The fraction of sp³-hybridized carbons (Fsp3) is 0.0714. The number of carbonyl (C=O) groups excluding carboxylic acids is 1. The van der Waals surface area contributed by atoms with Crippen molar-refractivity contribution in [2.75, 3.05) is 11.4 Å². The van der Waals surface area contributed by atoms with Crippen molar-refractivity contribution in [2.24, 2.45) is 0 Å². The topological polar surface area (TPSA) is 70.5 Å². The molecular weight excluding hydrogens is 280 g/mol. The predicted molar refractivity (Wildman–Crippen MR) is 75.0 cm³/mol. The molecule has 1 amide bonds. The predicted octanol–water partition coefficient (Wildman–Crippen LogP) is 2.47. The Balaban J connectivity index is 2.40. The molecule has 20 heavy (non-hydrogen) atoms. The van der Waals surface area contributed by atoms with Gasteiger partial charge in [0.2, 0.25) is 0 Å². The zero-order valence-corrected chi connectivity index (χ0v) is 11.1. The minimum atomic E-state index is -1.10. The Hall–Kier alpha value is -2.40. The second kappa shape index (κ2) is 6.16. The van der Waals surface area contributed by atoms with E-state index in [1.54, 1.807) is 30.3 Å². The number of aliphatic carboxylic acids is 1. The highest BCUT2D eigenvalue weighted by atomic mass is 35.5. The summed E-state index contributed by atoms with van der Waals surface area (Å²) in [4.78, 5) is 28.4. The van der Waals surface area contributed by atoms with Crippen molar-refractivity contribution in [1.29, 1.82) is 0 Å². The van der Waals surface area contributed by atoms with Gasteiger partial charge in [-0.1, -0.05) is 29.8 Å². The van der Waals surface area contributed by atoms with Crippen molar-refractivity contribution in [1.82, 2.24) is 4.98 Å². The first-order chi connectivity index (χ1) is 9.59. The smallest absolute Gasteiger partial charge is 0.323 e. The van der Waals surface area contributed by atoms with E-state index in [0.29, 0.717) is 5.69 Å². The summed E-state index contributed by atoms with van der Waals surface area (Å²) in [5.74, 6) is -1.58. The molecule has 5 nitrogen and oxygen atoms in total. The molecule has 0 fully saturated rings. The molecule has 0 unspecified atom stereocenters. The Bertz CT molecular complexity index is 631. The number of carboxylic acids is 1. The van der Waals surface area contributed by atoms with E-state index < -0.39 is 18.4 Å². The van der Waals surface area contributed by atoms with Gasteiger partial charge in [-0.25, -0.2) is 0 Å². The van der Waals surface area contributed by atoms with Gasteiger partial charge >= 0.3 is 5.97 Å². The van der Waals surface area contributed by atoms with Gasteiger partial charge in [0.05, 0.1) is 10.6 Å². The highest BCUT2D eigenvalue weighted by Crippen LogP contribution is 2.20. The largest absolute Gasteiger partial charge is 0.480 e. The molecule has 6 heteroatoms. The van der Waals surface area contributed by atoms with Gasteiger partial charge in [0.1, 0.15) is 6.54 Å². The zero-order valence-electron chi connectivity index (χ0n) is 10.4. The fourth-order valence-corrected chi connectivity index (χ4v) is 1.92. The molecule has 1 heterocycles. The fourth-order valence-electron chi connectivity index (χ4n) is 1.72. The summed E-state index contributed by atoms with van der Waals surface area (Å²) in [6.45, 7) is -0.443. The molecule has 102 valence electrons. The highest BCUT2D eigenvalue weighted by Gasteiger charge is 2.22. The lowest BCUT2D eigenvalue weighted by Gasteiger charge is -2.21. The molecule has 0 aliphatic heterocycles. The van der Waals surface area contributed by atoms with Gasteiger partial charge in [0.15, 0.2) is 0 Å². The first-order valence-corrected chi connectivity index (χ1v) is 6.15. The van der Waals surface area contributed by atoms with Crippen LogP contribution in [-0.2, 0) is 4.79 Å². The Labute approximate surface area is 120 Å². The van der Waals surface area contributed by atoms with E-state index in [1.165, 1.54) is 18.5 Å². The van der Waals surface area contributed by atoms with E-state index in [2.05, 4.69) is 4.98 Å². The average molecular weight is 291 g/mol. The SMILES string of the molecule is O=C(O)CN(C(=O)c1ccncc1Cl)c1ccccc1. The van der Waals surface area contributed by atoms with Crippen LogP contribution >= 0.6 is 11.6 Å². The molecule has 0 spiro atoms. The first kappa shape index (κ1) is 14.0. The number of para-hydroxylation sites is 1. The van der Waals surface area contributed by atoms with Gasteiger partial charge in [-0.3, -0.25) is 19.5 Å². The summed E-state index contributed by atoms with van der Waals surface area (Å²) in [6.07, 6.45) is 2.78. The Kier molecular flexibility index (Phi) is 4.32. The van der Waals surface area contributed by atoms with E-state index in [4.69, 9.17) is 16.7 Å². The van der Waals surface area contributed by atoms with Crippen LogP contribution < -0.4 is 4.90 Å². The Morgan fingerprint density at radius 3 is 2.50 bits per heavy atom. The quantitative estimate of drug-likeness (QED) is 0.939. The van der Waals surface area contributed by atoms with Crippen LogP contribution in [0.15, 0.2) is 48.8 Å². The zero-order chi connectivity index (χ0) is 14.5. The molecule has 2 aromatic rings. The van der Waals surface area contributed by atoms with E-state index in [-0.39, 0.29) is 10.6 Å². The Morgan fingerprint density at radius 2 is 1.90 bits per heavy atom. The maximum absolute atomic E-state index is 12.5. The van der Waals surface area contributed by atoms with Crippen LogP contribution in [0.25, 0.3) is 0 Å². The van der Waals surface area contributed by atoms with Crippen LogP contribution in [0.3, 0.4) is 0 Å². The van der Waals surface area contributed by atoms with E-state index in [1.807, 2.05) is 0 Å². The minimum Gasteiger partial charge on any atom is -0.480 e. The van der Waals surface area contributed by atoms with Gasteiger partial charge in [-0.05, 0) is 18.2 Å². The van der Waals surface area contributed by atoms with Crippen LogP contribution in [0.2, 0.25) is 5.02 Å². The molecule has 2 rings (SSSR count). The standard InChI is InChI=1S/C14H11ClN2O3/c15-12-8-16-7-6-11(12)14(20)17(9-13(18)19)10-4-2-1-3-5-10/h1-8H,9H2,(H,18,19). The number of carboxylic acid groups (broad SMARTS) is 1. The van der Waals surface area contributed by atoms with Crippen molar-refractivity contribution in [3.05, 3.63) is 59.4 Å². The molecule has 0 saturated carbocycles. The van der Waals surface area contributed by atoms with Crippen LogP contribution in [0, 0.1) is 0 Å². The van der Waals surface area contributed by atoms with Crippen molar-refractivity contribution in [3.8, 4) is 0 Å². The molecule has 0 atom stereocenters. The molecule has 0 saturated heterocycles. The Morgan fingerprint density at radius 1 is 1.20 bits per heavy atom. The molecular formula is C14H11ClN2O3. The summed E-state index contributed by atoms with van der Waals surface area (Å²) in [6, 6.07) is 10.0. The lowest BCUT2D eigenvalue weighted by Crippen LogP contribution is -2.35. The van der Waals surface area contributed by atoms with E-state index in [9.17, 15) is 9.59 Å². The van der Waals surface area contributed by atoms with Gasteiger partial charge < -0.3 is 5.11 Å².